The van der Waals surface area contributed by atoms with E-state index >= 15 is 0 Å². The van der Waals surface area contributed by atoms with Gasteiger partial charge in [-0.1, -0.05) is 51.1 Å². The molecule has 1 aromatic carbocycles. The summed E-state index contributed by atoms with van der Waals surface area (Å²) in [7, 11) is 0. The summed E-state index contributed by atoms with van der Waals surface area (Å²) in [6.07, 6.45) is 3.38. The Hall–Kier alpha value is -0.820. The number of aryl methyl sites for hydroxylation is 1. The first-order valence-corrected chi connectivity index (χ1v) is 6.19. The van der Waals surface area contributed by atoms with Crippen LogP contribution in [0.5, 0.6) is 0 Å². The molecular weight excluding hydrogens is 196 g/mol. The van der Waals surface area contributed by atoms with Gasteiger partial charge < -0.3 is 5.11 Å². The highest BCUT2D eigenvalue weighted by Gasteiger charge is 2.22. The van der Waals surface area contributed by atoms with E-state index in [1.807, 2.05) is 0 Å². The first-order chi connectivity index (χ1) is 7.54. The van der Waals surface area contributed by atoms with Gasteiger partial charge in [-0.05, 0) is 36.2 Å². The maximum Gasteiger partial charge on any atom is 0.0464 e. The second-order valence-corrected chi connectivity index (χ2v) is 5.62. The van der Waals surface area contributed by atoms with Gasteiger partial charge >= 0.3 is 0 Å². The van der Waals surface area contributed by atoms with Crippen molar-refractivity contribution in [2.75, 3.05) is 6.61 Å². The standard InChI is InChI=1S/C15H24O/c1-15(2,3)14(12-16)11-7-10-13-8-5-4-6-9-13/h4-6,8-9,14,16H,7,10-12H2,1-3H3. The molecule has 0 bridgehead atoms. The monoisotopic (exact) mass is 220 g/mol. The van der Waals surface area contributed by atoms with E-state index in [1.54, 1.807) is 0 Å². The van der Waals surface area contributed by atoms with Gasteiger partial charge in [0, 0.05) is 6.61 Å². The van der Waals surface area contributed by atoms with E-state index in [4.69, 9.17) is 0 Å². The molecule has 0 aliphatic heterocycles. The highest BCUT2D eigenvalue weighted by atomic mass is 16.3. The van der Waals surface area contributed by atoms with E-state index in [0.29, 0.717) is 12.5 Å². The molecule has 0 heterocycles. The second-order valence-electron chi connectivity index (χ2n) is 5.62. The molecule has 1 atom stereocenters. The fraction of sp³-hybridized carbons (Fsp3) is 0.600. The van der Waals surface area contributed by atoms with Gasteiger partial charge in [0.05, 0.1) is 0 Å². The molecule has 0 amide bonds. The van der Waals surface area contributed by atoms with E-state index in [9.17, 15) is 5.11 Å². The molecule has 0 spiro atoms. The van der Waals surface area contributed by atoms with Gasteiger partial charge in [-0.3, -0.25) is 0 Å². The molecule has 0 saturated carbocycles. The minimum absolute atomic E-state index is 0.214. The Kier molecular flexibility index (Phi) is 5.01. The van der Waals surface area contributed by atoms with Gasteiger partial charge in [0.25, 0.3) is 0 Å². The molecular formula is C15H24O. The van der Waals surface area contributed by atoms with Crippen LogP contribution in [0.1, 0.15) is 39.2 Å². The molecule has 16 heavy (non-hydrogen) atoms. The lowest BCUT2D eigenvalue weighted by molar-refractivity contribution is 0.121. The normalized spacial score (nSPS) is 13.8. The Morgan fingerprint density at radius 3 is 2.25 bits per heavy atom. The molecule has 1 N–H and O–H groups in total. The Balaban J connectivity index is 2.35. The Morgan fingerprint density at radius 2 is 1.75 bits per heavy atom. The zero-order valence-corrected chi connectivity index (χ0v) is 10.7. The van der Waals surface area contributed by atoms with Gasteiger partial charge in [-0.25, -0.2) is 0 Å². The summed E-state index contributed by atoms with van der Waals surface area (Å²) >= 11 is 0. The third kappa shape index (κ3) is 4.36. The summed E-state index contributed by atoms with van der Waals surface area (Å²) < 4.78 is 0. The van der Waals surface area contributed by atoms with Gasteiger partial charge in [-0.2, -0.15) is 0 Å². The first kappa shape index (κ1) is 13.2. The Morgan fingerprint density at radius 1 is 1.12 bits per heavy atom. The van der Waals surface area contributed by atoms with Crippen molar-refractivity contribution >= 4 is 0 Å². The first-order valence-electron chi connectivity index (χ1n) is 6.19. The predicted molar refractivity (Wildman–Crippen MR) is 69.4 cm³/mol. The predicted octanol–water partition coefficient (Wildman–Crippen LogP) is 3.66. The Bertz CT molecular complexity index is 284. The van der Waals surface area contributed by atoms with E-state index in [1.165, 1.54) is 5.56 Å². The minimum Gasteiger partial charge on any atom is -0.396 e. The molecule has 1 heteroatoms. The molecule has 0 aromatic heterocycles. The largest absolute Gasteiger partial charge is 0.396 e. The van der Waals surface area contributed by atoms with Crippen molar-refractivity contribution in [2.24, 2.45) is 11.3 Å². The quantitative estimate of drug-likeness (QED) is 0.803. The van der Waals surface area contributed by atoms with E-state index < -0.39 is 0 Å². The van der Waals surface area contributed by atoms with Crippen molar-refractivity contribution in [2.45, 2.75) is 40.0 Å². The van der Waals surface area contributed by atoms with Crippen LogP contribution >= 0.6 is 0 Å². The topological polar surface area (TPSA) is 20.2 Å². The van der Waals surface area contributed by atoms with Crippen LogP contribution in [-0.4, -0.2) is 11.7 Å². The minimum atomic E-state index is 0.214. The maximum atomic E-state index is 9.36. The van der Waals surface area contributed by atoms with Crippen LogP contribution in [0.15, 0.2) is 30.3 Å². The summed E-state index contributed by atoms with van der Waals surface area (Å²) in [6.45, 7) is 6.92. The maximum absolute atomic E-state index is 9.36. The summed E-state index contributed by atoms with van der Waals surface area (Å²) in [6, 6.07) is 10.6. The van der Waals surface area contributed by atoms with Crippen molar-refractivity contribution in [1.82, 2.24) is 0 Å². The highest BCUT2D eigenvalue weighted by Crippen LogP contribution is 2.29. The van der Waals surface area contributed by atoms with E-state index in [2.05, 4.69) is 51.1 Å². The molecule has 1 nitrogen and oxygen atoms in total. The van der Waals surface area contributed by atoms with Crippen molar-refractivity contribution in [1.29, 1.82) is 0 Å². The van der Waals surface area contributed by atoms with Crippen molar-refractivity contribution in [3.8, 4) is 0 Å². The van der Waals surface area contributed by atoms with Crippen molar-refractivity contribution in [3.63, 3.8) is 0 Å². The fourth-order valence-corrected chi connectivity index (χ4v) is 2.00. The van der Waals surface area contributed by atoms with Gasteiger partial charge in [0.1, 0.15) is 0 Å². The molecule has 1 unspecified atom stereocenters. The third-order valence-electron chi connectivity index (χ3n) is 3.31. The van der Waals surface area contributed by atoms with E-state index in [0.717, 1.165) is 19.3 Å². The summed E-state index contributed by atoms with van der Waals surface area (Å²) in [5.41, 5.74) is 1.61. The molecule has 90 valence electrons. The van der Waals surface area contributed by atoms with Crippen LogP contribution in [0.3, 0.4) is 0 Å². The fourth-order valence-electron chi connectivity index (χ4n) is 2.00. The second kappa shape index (κ2) is 6.05. The van der Waals surface area contributed by atoms with Crippen molar-refractivity contribution < 1.29 is 5.11 Å². The van der Waals surface area contributed by atoms with E-state index in [-0.39, 0.29) is 5.41 Å². The number of aliphatic hydroxyl groups excluding tert-OH is 1. The van der Waals surface area contributed by atoms with Crippen LogP contribution in [0, 0.1) is 11.3 Å². The Labute approximate surface area is 99.5 Å². The van der Waals surface area contributed by atoms with Crippen LogP contribution < -0.4 is 0 Å². The zero-order chi connectivity index (χ0) is 12.0. The van der Waals surface area contributed by atoms with Gasteiger partial charge in [0.2, 0.25) is 0 Å². The molecule has 0 aliphatic carbocycles. The molecule has 0 radical (unpaired) electrons. The smallest absolute Gasteiger partial charge is 0.0464 e. The number of benzene rings is 1. The molecule has 0 fully saturated rings. The average molecular weight is 220 g/mol. The number of hydrogen-bond acceptors (Lipinski definition) is 1. The lowest BCUT2D eigenvalue weighted by Gasteiger charge is -2.29. The highest BCUT2D eigenvalue weighted by molar-refractivity contribution is 5.14. The van der Waals surface area contributed by atoms with Gasteiger partial charge in [0.15, 0.2) is 0 Å². The molecule has 0 aliphatic rings. The average Bonchev–Trinajstić information content (AvgIpc) is 2.24. The third-order valence-corrected chi connectivity index (χ3v) is 3.31. The zero-order valence-electron chi connectivity index (χ0n) is 10.7. The lowest BCUT2D eigenvalue weighted by Crippen LogP contribution is -2.23. The number of aliphatic hydroxyl groups is 1. The SMILES string of the molecule is CC(C)(C)C(CO)CCCc1ccccc1. The van der Waals surface area contributed by atoms with Crippen LogP contribution in [0.4, 0.5) is 0 Å². The van der Waals surface area contributed by atoms with Crippen molar-refractivity contribution in [3.05, 3.63) is 35.9 Å². The summed E-state index contributed by atoms with van der Waals surface area (Å²) in [5.74, 6) is 0.413. The molecule has 1 rings (SSSR count). The summed E-state index contributed by atoms with van der Waals surface area (Å²) in [4.78, 5) is 0. The number of rotatable bonds is 5. The summed E-state index contributed by atoms with van der Waals surface area (Å²) in [5, 5.41) is 9.36. The lowest BCUT2D eigenvalue weighted by atomic mass is 9.78. The van der Waals surface area contributed by atoms with Crippen LogP contribution in [0.2, 0.25) is 0 Å². The van der Waals surface area contributed by atoms with Crippen LogP contribution in [0.25, 0.3) is 0 Å². The van der Waals surface area contributed by atoms with Gasteiger partial charge in [-0.15, -0.1) is 0 Å². The van der Waals surface area contributed by atoms with Crippen LogP contribution in [-0.2, 0) is 6.42 Å². The molecule has 1 aromatic rings. The molecule has 0 saturated heterocycles. The number of hydrogen-bond donors (Lipinski definition) is 1.